The normalized spacial score (nSPS) is 17.9. The Morgan fingerprint density at radius 2 is 2.24 bits per heavy atom. The molecule has 3 rings (SSSR count). The van der Waals surface area contributed by atoms with Crippen molar-refractivity contribution in [3.05, 3.63) is 42.5 Å². The summed E-state index contributed by atoms with van der Waals surface area (Å²) in [6, 6.07) is 5.77. The molecule has 0 aliphatic carbocycles. The molecule has 1 aliphatic heterocycles. The second-order valence-corrected chi connectivity index (χ2v) is 5.31. The number of carbonyl (C=O) groups is 1. The van der Waals surface area contributed by atoms with Gasteiger partial charge >= 0.3 is 0 Å². The number of hydrogen-bond acceptors (Lipinski definition) is 3. The van der Waals surface area contributed by atoms with E-state index >= 15 is 0 Å². The van der Waals surface area contributed by atoms with Crippen LogP contribution in [0.25, 0.3) is 11.1 Å². The number of amides is 1. The first-order valence-corrected chi connectivity index (χ1v) is 7.20. The van der Waals surface area contributed by atoms with Crippen LogP contribution in [0.3, 0.4) is 0 Å². The topological polar surface area (TPSA) is 56.2 Å². The standard InChI is InChI=1S/C16H19N3O2/c1-19-11-13(12-4-6-17-7-5-12)9-15(19)16(20)18-10-14-3-2-8-21-14/h4-7,9,11,14H,2-3,8,10H2,1H3,(H,18,20)/t14-/m0/s1. The molecule has 1 fully saturated rings. The van der Waals surface area contributed by atoms with Crippen molar-refractivity contribution in [2.24, 2.45) is 7.05 Å². The van der Waals surface area contributed by atoms with E-state index in [4.69, 9.17) is 4.74 Å². The summed E-state index contributed by atoms with van der Waals surface area (Å²) in [5.74, 6) is -0.0618. The molecule has 0 aromatic carbocycles. The highest BCUT2D eigenvalue weighted by molar-refractivity contribution is 5.94. The van der Waals surface area contributed by atoms with Gasteiger partial charge in [-0.15, -0.1) is 0 Å². The zero-order chi connectivity index (χ0) is 14.7. The van der Waals surface area contributed by atoms with Crippen molar-refractivity contribution in [1.82, 2.24) is 14.9 Å². The number of aryl methyl sites for hydroxylation is 1. The average Bonchev–Trinajstić information content (AvgIpc) is 3.15. The zero-order valence-corrected chi connectivity index (χ0v) is 12.1. The maximum Gasteiger partial charge on any atom is 0.268 e. The highest BCUT2D eigenvalue weighted by Crippen LogP contribution is 2.21. The Morgan fingerprint density at radius 1 is 1.43 bits per heavy atom. The van der Waals surface area contributed by atoms with Crippen LogP contribution in [0.1, 0.15) is 23.3 Å². The molecule has 1 saturated heterocycles. The Morgan fingerprint density at radius 3 is 2.95 bits per heavy atom. The second kappa shape index (κ2) is 6.10. The molecule has 0 radical (unpaired) electrons. The molecule has 110 valence electrons. The molecule has 3 heterocycles. The summed E-state index contributed by atoms with van der Waals surface area (Å²) in [4.78, 5) is 16.3. The minimum absolute atomic E-state index is 0.0618. The molecule has 1 atom stereocenters. The Bertz CT molecular complexity index is 616. The third kappa shape index (κ3) is 3.13. The number of carbonyl (C=O) groups excluding carboxylic acids is 1. The molecule has 2 aromatic rings. The van der Waals surface area contributed by atoms with E-state index in [2.05, 4.69) is 10.3 Å². The first-order valence-electron chi connectivity index (χ1n) is 7.20. The van der Waals surface area contributed by atoms with Gasteiger partial charge < -0.3 is 14.6 Å². The maximum atomic E-state index is 12.3. The van der Waals surface area contributed by atoms with Crippen LogP contribution < -0.4 is 5.32 Å². The molecular formula is C16H19N3O2. The fourth-order valence-electron chi connectivity index (χ4n) is 2.59. The third-order valence-corrected chi connectivity index (χ3v) is 3.77. The van der Waals surface area contributed by atoms with Crippen LogP contribution >= 0.6 is 0 Å². The summed E-state index contributed by atoms with van der Waals surface area (Å²) < 4.78 is 7.36. The minimum atomic E-state index is -0.0618. The molecule has 1 N–H and O–H groups in total. The van der Waals surface area contributed by atoms with Gasteiger partial charge in [-0.3, -0.25) is 9.78 Å². The van der Waals surface area contributed by atoms with Gasteiger partial charge in [-0.1, -0.05) is 0 Å². The van der Waals surface area contributed by atoms with Crippen molar-refractivity contribution in [3.8, 4) is 11.1 Å². The van der Waals surface area contributed by atoms with Crippen molar-refractivity contribution >= 4 is 5.91 Å². The Kier molecular flexibility index (Phi) is 4.01. The second-order valence-electron chi connectivity index (χ2n) is 5.31. The van der Waals surface area contributed by atoms with Crippen molar-refractivity contribution in [2.75, 3.05) is 13.2 Å². The van der Waals surface area contributed by atoms with Crippen LogP contribution in [0.2, 0.25) is 0 Å². The first kappa shape index (κ1) is 13.8. The lowest BCUT2D eigenvalue weighted by Gasteiger charge is -2.10. The van der Waals surface area contributed by atoms with Gasteiger partial charge in [0.2, 0.25) is 0 Å². The smallest absolute Gasteiger partial charge is 0.268 e. The average molecular weight is 285 g/mol. The van der Waals surface area contributed by atoms with Crippen LogP contribution in [0.5, 0.6) is 0 Å². The van der Waals surface area contributed by atoms with E-state index in [1.807, 2.05) is 36.0 Å². The predicted octanol–water partition coefficient (Wildman–Crippen LogP) is 2.00. The number of nitrogens with one attached hydrogen (secondary N) is 1. The van der Waals surface area contributed by atoms with Crippen LogP contribution in [-0.4, -0.2) is 34.7 Å². The molecule has 5 nitrogen and oxygen atoms in total. The Hall–Kier alpha value is -2.14. The van der Waals surface area contributed by atoms with Gasteiger partial charge in [0, 0.05) is 44.4 Å². The van der Waals surface area contributed by atoms with E-state index in [0.29, 0.717) is 12.2 Å². The van der Waals surface area contributed by atoms with E-state index < -0.39 is 0 Å². The van der Waals surface area contributed by atoms with Crippen molar-refractivity contribution in [1.29, 1.82) is 0 Å². The first-order chi connectivity index (χ1) is 10.2. The Balaban J connectivity index is 1.70. The van der Waals surface area contributed by atoms with Gasteiger partial charge in [0.05, 0.1) is 6.10 Å². The zero-order valence-electron chi connectivity index (χ0n) is 12.1. The quantitative estimate of drug-likeness (QED) is 0.934. The van der Waals surface area contributed by atoms with Gasteiger partial charge in [0.15, 0.2) is 0 Å². The summed E-state index contributed by atoms with van der Waals surface area (Å²) in [6.07, 6.45) is 7.72. The van der Waals surface area contributed by atoms with E-state index in [-0.39, 0.29) is 12.0 Å². The lowest BCUT2D eigenvalue weighted by atomic mass is 10.1. The highest BCUT2D eigenvalue weighted by Gasteiger charge is 2.18. The summed E-state index contributed by atoms with van der Waals surface area (Å²) in [6.45, 7) is 1.38. The van der Waals surface area contributed by atoms with Crippen LogP contribution in [0, 0.1) is 0 Å². The molecule has 21 heavy (non-hydrogen) atoms. The molecule has 0 spiro atoms. The summed E-state index contributed by atoms with van der Waals surface area (Å²) >= 11 is 0. The predicted molar refractivity (Wildman–Crippen MR) is 80.0 cm³/mol. The largest absolute Gasteiger partial charge is 0.376 e. The molecule has 1 amide bonds. The van der Waals surface area contributed by atoms with Crippen molar-refractivity contribution in [2.45, 2.75) is 18.9 Å². The number of nitrogens with zero attached hydrogens (tertiary/aromatic N) is 2. The molecule has 5 heteroatoms. The fraction of sp³-hybridized carbons (Fsp3) is 0.375. The molecule has 0 bridgehead atoms. The van der Waals surface area contributed by atoms with Gasteiger partial charge in [-0.05, 0) is 36.6 Å². The minimum Gasteiger partial charge on any atom is -0.376 e. The number of hydrogen-bond donors (Lipinski definition) is 1. The van der Waals surface area contributed by atoms with Crippen LogP contribution in [-0.2, 0) is 11.8 Å². The Labute approximate surface area is 124 Å². The summed E-state index contributed by atoms with van der Waals surface area (Å²) in [5.41, 5.74) is 2.72. The third-order valence-electron chi connectivity index (χ3n) is 3.77. The highest BCUT2D eigenvalue weighted by atomic mass is 16.5. The van der Waals surface area contributed by atoms with Crippen LogP contribution in [0.15, 0.2) is 36.8 Å². The van der Waals surface area contributed by atoms with Crippen LogP contribution in [0.4, 0.5) is 0 Å². The maximum absolute atomic E-state index is 12.3. The summed E-state index contributed by atoms with van der Waals surface area (Å²) in [7, 11) is 1.88. The van der Waals surface area contributed by atoms with E-state index in [1.165, 1.54) is 0 Å². The number of rotatable bonds is 4. The molecule has 1 aliphatic rings. The van der Waals surface area contributed by atoms with Gasteiger partial charge in [0.1, 0.15) is 5.69 Å². The lowest BCUT2D eigenvalue weighted by molar-refractivity contribution is 0.0851. The fourth-order valence-corrected chi connectivity index (χ4v) is 2.59. The number of aromatic nitrogens is 2. The molecule has 0 saturated carbocycles. The van der Waals surface area contributed by atoms with Gasteiger partial charge in [-0.2, -0.15) is 0 Å². The number of pyridine rings is 1. The van der Waals surface area contributed by atoms with Gasteiger partial charge in [-0.25, -0.2) is 0 Å². The van der Waals surface area contributed by atoms with E-state index in [0.717, 1.165) is 30.6 Å². The molecule has 0 unspecified atom stereocenters. The lowest BCUT2D eigenvalue weighted by Crippen LogP contribution is -2.32. The SMILES string of the molecule is Cn1cc(-c2ccncc2)cc1C(=O)NC[C@@H]1CCCO1. The molecular weight excluding hydrogens is 266 g/mol. The van der Waals surface area contributed by atoms with Gasteiger partial charge in [0.25, 0.3) is 5.91 Å². The summed E-state index contributed by atoms with van der Waals surface area (Å²) in [5, 5.41) is 2.95. The van der Waals surface area contributed by atoms with Crippen molar-refractivity contribution < 1.29 is 9.53 Å². The van der Waals surface area contributed by atoms with E-state index in [1.54, 1.807) is 12.4 Å². The molecule has 2 aromatic heterocycles. The monoisotopic (exact) mass is 285 g/mol. The van der Waals surface area contributed by atoms with Crippen molar-refractivity contribution in [3.63, 3.8) is 0 Å². The van der Waals surface area contributed by atoms with E-state index in [9.17, 15) is 4.79 Å². The number of ether oxygens (including phenoxy) is 1.